The molecule has 1 aromatic rings. The van der Waals surface area contributed by atoms with Crippen LogP contribution in [0.4, 0.5) is 0 Å². The maximum atomic E-state index is 5.73. The minimum atomic E-state index is 0.674. The molecule has 1 heterocycles. The summed E-state index contributed by atoms with van der Waals surface area (Å²) < 4.78 is 11.0. The van der Waals surface area contributed by atoms with Crippen molar-refractivity contribution in [3.8, 4) is 11.5 Å². The molecule has 1 aliphatic heterocycles. The molecule has 2 rings (SSSR count). The van der Waals surface area contributed by atoms with Gasteiger partial charge in [-0.25, -0.2) is 0 Å². The number of ether oxygens (including phenoxy) is 2. The summed E-state index contributed by atoms with van der Waals surface area (Å²) in [5.41, 5.74) is 0. The predicted octanol–water partition coefficient (Wildman–Crippen LogP) is 2.56. The largest absolute Gasteiger partial charge is 0.493 e. The van der Waals surface area contributed by atoms with Gasteiger partial charge in [0.2, 0.25) is 0 Å². The molecule has 18 heavy (non-hydrogen) atoms. The summed E-state index contributed by atoms with van der Waals surface area (Å²) in [4.78, 5) is 0. The Balaban J connectivity index is 1.68. The average Bonchev–Trinajstić information content (AvgIpc) is 2.45. The van der Waals surface area contributed by atoms with Crippen molar-refractivity contribution in [2.45, 2.75) is 18.9 Å². The third kappa shape index (κ3) is 4.10. The zero-order valence-corrected chi connectivity index (χ0v) is 11.7. The molecule has 0 bridgehead atoms. The molecule has 0 spiro atoms. The molecule has 1 aromatic carbocycles. The first kappa shape index (κ1) is 13.6. The number of hydrogen-bond donors (Lipinski definition) is 1. The molecule has 100 valence electrons. The molecular formula is C14H21NO2S. The van der Waals surface area contributed by atoms with E-state index in [1.165, 1.54) is 24.3 Å². The van der Waals surface area contributed by atoms with Crippen molar-refractivity contribution in [2.75, 3.05) is 31.8 Å². The van der Waals surface area contributed by atoms with Gasteiger partial charge in [0.15, 0.2) is 11.5 Å². The van der Waals surface area contributed by atoms with E-state index in [-0.39, 0.29) is 0 Å². The van der Waals surface area contributed by atoms with Crippen molar-refractivity contribution in [1.29, 1.82) is 0 Å². The van der Waals surface area contributed by atoms with Gasteiger partial charge in [0.1, 0.15) is 6.61 Å². The number of hydrogen-bond acceptors (Lipinski definition) is 4. The number of benzene rings is 1. The number of nitrogens with one attached hydrogen (secondary N) is 1. The fourth-order valence-corrected chi connectivity index (χ4v) is 3.17. The van der Waals surface area contributed by atoms with Crippen molar-refractivity contribution in [3.63, 3.8) is 0 Å². The molecule has 1 aliphatic rings. The summed E-state index contributed by atoms with van der Waals surface area (Å²) in [5, 5.41) is 3.55. The molecule has 0 saturated carbocycles. The van der Waals surface area contributed by atoms with Gasteiger partial charge in [0, 0.05) is 12.6 Å². The molecule has 1 N–H and O–H groups in total. The molecule has 0 aliphatic carbocycles. The Hall–Kier alpha value is -0.870. The Morgan fingerprint density at radius 2 is 1.94 bits per heavy atom. The fourth-order valence-electron chi connectivity index (χ4n) is 2.06. The molecule has 4 heteroatoms. The highest BCUT2D eigenvalue weighted by Gasteiger charge is 2.12. The summed E-state index contributed by atoms with van der Waals surface area (Å²) >= 11 is 2.05. The van der Waals surface area contributed by atoms with Crippen LogP contribution in [0.15, 0.2) is 24.3 Å². The maximum Gasteiger partial charge on any atom is 0.161 e. The lowest BCUT2D eigenvalue weighted by molar-refractivity contribution is 0.284. The first-order valence-corrected chi connectivity index (χ1v) is 7.62. The van der Waals surface area contributed by atoms with E-state index in [1.807, 2.05) is 24.3 Å². The van der Waals surface area contributed by atoms with E-state index >= 15 is 0 Å². The van der Waals surface area contributed by atoms with Crippen molar-refractivity contribution in [2.24, 2.45) is 0 Å². The Morgan fingerprint density at radius 3 is 2.67 bits per heavy atom. The Kier molecular flexibility index (Phi) is 5.68. The van der Waals surface area contributed by atoms with Gasteiger partial charge in [-0.15, -0.1) is 0 Å². The van der Waals surface area contributed by atoms with Crippen LogP contribution in [0.2, 0.25) is 0 Å². The highest BCUT2D eigenvalue weighted by atomic mass is 32.2. The highest BCUT2D eigenvalue weighted by molar-refractivity contribution is 7.99. The van der Waals surface area contributed by atoms with E-state index in [0.29, 0.717) is 12.6 Å². The molecule has 0 amide bonds. The van der Waals surface area contributed by atoms with Gasteiger partial charge in [-0.2, -0.15) is 11.8 Å². The van der Waals surface area contributed by atoms with Crippen LogP contribution in [0.5, 0.6) is 11.5 Å². The van der Waals surface area contributed by atoms with Crippen LogP contribution in [-0.2, 0) is 0 Å². The molecule has 0 aromatic heterocycles. The highest BCUT2D eigenvalue weighted by Crippen LogP contribution is 2.25. The van der Waals surface area contributed by atoms with Gasteiger partial charge < -0.3 is 14.8 Å². The fraction of sp³-hybridized carbons (Fsp3) is 0.571. The van der Waals surface area contributed by atoms with Crippen LogP contribution in [0.1, 0.15) is 12.8 Å². The SMILES string of the molecule is COc1ccccc1OCCNC1CCSCC1. The van der Waals surface area contributed by atoms with E-state index in [9.17, 15) is 0 Å². The van der Waals surface area contributed by atoms with Crippen molar-refractivity contribution in [1.82, 2.24) is 5.32 Å². The van der Waals surface area contributed by atoms with Gasteiger partial charge in [0.05, 0.1) is 7.11 Å². The van der Waals surface area contributed by atoms with Crippen LogP contribution in [-0.4, -0.2) is 37.8 Å². The lowest BCUT2D eigenvalue weighted by Crippen LogP contribution is -2.35. The Bertz CT molecular complexity index is 353. The minimum absolute atomic E-state index is 0.674. The smallest absolute Gasteiger partial charge is 0.161 e. The van der Waals surface area contributed by atoms with E-state index in [2.05, 4.69) is 17.1 Å². The van der Waals surface area contributed by atoms with Gasteiger partial charge in [-0.05, 0) is 36.5 Å². The summed E-state index contributed by atoms with van der Waals surface area (Å²) in [7, 11) is 1.67. The maximum absolute atomic E-state index is 5.73. The zero-order valence-electron chi connectivity index (χ0n) is 10.9. The normalized spacial score (nSPS) is 16.5. The van der Waals surface area contributed by atoms with E-state index in [0.717, 1.165) is 18.0 Å². The summed E-state index contributed by atoms with van der Waals surface area (Å²) in [6, 6.07) is 8.44. The first-order chi connectivity index (χ1) is 8.90. The second-order valence-corrected chi connectivity index (χ2v) is 5.56. The van der Waals surface area contributed by atoms with Crippen molar-refractivity contribution >= 4 is 11.8 Å². The Morgan fingerprint density at radius 1 is 1.22 bits per heavy atom. The number of para-hydroxylation sites is 2. The second kappa shape index (κ2) is 7.54. The number of thioether (sulfide) groups is 1. The van der Waals surface area contributed by atoms with E-state index < -0.39 is 0 Å². The molecule has 1 saturated heterocycles. The first-order valence-electron chi connectivity index (χ1n) is 6.47. The quantitative estimate of drug-likeness (QED) is 0.803. The van der Waals surface area contributed by atoms with Crippen molar-refractivity contribution < 1.29 is 9.47 Å². The topological polar surface area (TPSA) is 30.5 Å². The summed E-state index contributed by atoms with van der Waals surface area (Å²) in [5.74, 6) is 4.18. The number of methoxy groups -OCH3 is 1. The number of rotatable bonds is 6. The standard InChI is InChI=1S/C14H21NO2S/c1-16-13-4-2-3-5-14(13)17-9-8-15-12-6-10-18-11-7-12/h2-5,12,15H,6-11H2,1H3. The van der Waals surface area contributed by atoms with Crippen molar-refractivity contribution in [3.05, 3.63) is 24.3 Å². The van der Waals surface area contributed by atoms with Crippen LogP contribution in [0.25, 0.3) is 0 Å². The third-order valence-corrected chi connectivity index (χ3v) is 4.13. The lowest BCUT2D eigenvalue weighted by atomic mass is 10.1. The van der Waals surface area contributed by atoms with Gasteiger partial charge in [0.25, 0.3) is 0 Å². The van der Waals surface area contributed by atoms with Crippen LogP contribution >= 0.6 is 11.8 Å². The van der Waals surface area contributed by atoms with E-state index in [4.69, 9.17) is 9.47 Å². The molecule has 0 unspecified atom stereocenters. The third-order valence-electron chi connectivity index (χ3n) is 3.08. The molecule has 0 radical (unpaired) electrons. The van der Waals surface area contributed by atoms with Crippen LogP contribution in [0, 0.1) is 0 Å². The minimum Gasteiger partial charge on any atom is -0.493 e. The van der Waals surface area contributed by atoms with E-state index in [1.54, 1.807) is 7.11 Å². The lowest BCUT2D eigenvalue weighted by Gasteiger charge is -2.22. The predicted molar refractivity (Wildman–Crippen MR) is 76.8 cm³/mol. The van der Waals surface area contributed by atoms with Crippen LogP contribution in [0.3, 0.4) is 0 Å². The van der Waals surface area contributed by atoms with Gasteiger partial charge in [-0.1, -0.05) is 12.1 Å². The second-order valence-electron chi connectivity index (χ2n) is 4.34. The Labute approximate surface area is 113 Å². The average molecular weight is 267 g/mol. The van der Waals surface area contributed by atoms with Crippen LogP contribution < -0.4 is 14.8 Å². The zero-order chi connectivity index (χ0) is 12.6. The monoisotopic (exact) mass is 267 g/mol. The summed E-state index contributed by atoms with van der Waals surface area (Å²) in [6.45, 7) is 1.58. The summed E-state index contributed by atoms with van der Waals surface area (Å²) in [6.07, 6.45) is 2.55. The molecule has 0 atom stereocenters. The van der Waals surface area contributed by atoms with Gasteiger partial charge >= 0.3 is 0 Å². The molecule has 3 nitrogen and oxygen atoms in total. The van der Waals surface area contributed by atoms with Gasteiger partial charge in [-0.3, -0.25) is 0 Å². The molecule has 1 fully saturated rings. The molecular weight excluding hydrogens is 246 g/mol.